The van der Waals surface area contributed by atoms with Crippen molar-refractivity contribution in [2.75, 3.05) is 14.2 Å². The molecule has 0 bridgehead atoms. The summed E-state index contributed by atoms with van der Waals surface area (Å²) >= 11 is 0. The normalized spacial score (nSPS) is 10.6. The third-order valence-electron chi connectivity index (χ3n) is 3.37. The van der Waals surface area contributed by atoms with Gasteiger partial charge in [0.15, 0.2) is 0 Å². The van der Waals surface area contributed by atoms with Crippen LogP contribution in [0, 0.1) is 0 Å². The summed E-state index contributed by atoms with van der Waals surface area (Å²) in [5.74, 6) is 0.0806. The van der Waals surface area contributed by atoms with Gasteiger partial charge < -0.3 is 0 Å². The highest BCUT2D eigenvalue weighted by Gasteiger charge is 2.06. The summed E-state index contributed by atoms with van der Waals surface area (Å²) in [7, 11) is 3.19. The van der Waals surface area contributed by atoms with Crippen LogP contribution in [0.1, 0.15) is 77.6 Å². The van der Waals surface area contributed by atoms with Crippen LogP contribution in [0.4, 0.5) is 0 Å². The lowest BCUT2D eigenvalue weighted by atomic mass is 10.1. The molecule has 0 aliphatic rings. The van der Waals surface area contributed by atoms with Crippen molar-refractivity contribution in [1.82, 2.24) is 5.06 Å². The molecule has 108 valence electrons. The highest BCUT2D eigenvalue weighted by atomic mass is 16.7. The zero-order valence-electron chi connectivity index (χ0n) is 12.5. The summed E-state index contributed by atoms with van der Waals surface area (Å²) in [5, 5.41) is 1.31. The molecule has 0 spiro atoms. The van der Waals surface area contributed by atoms with E-state index in [0.29, 0.717) is 6.42 Å². The average Bonchev–Trinajstić information content (AvgIpc) is 2.39. The number of unbranched alkanes of at least 4 members (excludes halogenated alkanes) is 9. The zero-order valence-corrected chi connectivity index (χ0v) is 12.5. The monoisotopic (exact) mass is 257 g/mol. The Hall–Kier alpha value is -0.570. The molecule has 18 heavy (non-hydrogen) atoms. The first-order chi connectivity index (χ1) is 8.72. The summed E-state index contributed by atoms with van der Waals surface area (Å²) in [4.78, 5) is 16.2. The summed E-state index contributed by atoms with van der Waals surface area (Å²) in [6, 6.07) is 0. The molecule has 0 saturated carbocycles. The molecule has 0 heterocycles. The van der Waals surface area contributed by atoms with E-state index in [2.05, 4.69) is 6.92 Å². The minimum atomic E-state index is 0.0806. The van der Waals surface area contributed by atoms with Crippen molar-refractivity contribution in [3.8, 4) is 0 Å². The predicted molar refractivity (Wildman–Crippen MR) is 76.2 cm³/mol. The predicted octanol–water partition coefficient (Wildman–Crippen LogP) is 4.32. The Labute approximate surface area is 113 Å². The first-order valence-corrected chi connectivity index (χ1v) is 7.53. The Kier molecular flexibility index (Phi) is 12.5. The minimum Gasteiger partial charge on any atom is -0.275 e. The fraction of sp³-hybridized carbons (Fsp3) is 0.933. The van der Waals surface area contributed by atoms with Crippen LogP contribution < -0.4 is 0 Å². The van der Waals surface area contributed by atoms with E-state index in [4.69, 9.17) is 4.84 Å². The number of hydrogen-bond donors (Lipinski definition) is 0. The van der Waals surface area contributed by atoms with Gasteiger partial charge in [0.1, 0.15) is 0 Å². The summed E-state index contributed by atoms with van der Waals surface area (Å²) in [6.45, 7) is 2.25. The van der Waals surface area contributed by atoms with Gasteiger partial charge in [-0.1, -0.05) is 64.7 Å². The molecule has 0 rings (SSSR count). The molecule has 3 nitrogen and oxygen atoms in total. The summed E-state index contributed by atoms with van der Waals surface area (Å²) < 4.78 is 0. The van der Waals surface area contributed by atoms with Gasteiger partial charge in [-0.3, -0.25) is 9.63 Å². The second-order valence-corrected chi connectivity index (χ2v) is 5.01. The van der Waals surface area contributed by atoms with Crippen molar-refractivity contribution in [2.24, 2.45) is 0 Å². The molecule has 1 amide bonds. The van der Waals surface area contributed by atoms with Gasteiger partial charge in [-0.05, 0) is 6.42 Å². The molecule has 0 aliphatic carbocycles. The number of amides is 1. The maximum atomic E-state index is 11.4. The van der Waals surface area contributed by atoms with Crippen LogP contribution in [0.15, 0.2) is 0 Å². The molecule has 0 unspecified atom stereocenters. The fourth-order valence-corrected chi connectivity index (χ4v) is 2.02. The number of hydroxylamine groups is 2. The van der Waals surface area contributed by atoms with Crippen LogP contribution in [0.2, 0.25) is 0 Å². The Bertz CT molecular complexity index is 195. The Morgan fingerprint density at radius 2 is 1.33 bits per heavy atom. The number of hydrogen-bond acceptors (Lipinski definition) is 2. The summed E-state index contributed by atoms with van der Waals surface area (Å²) in [6.07, 6.45) is 13.6. The van der Waals surface area contributed by atoms with E-state index in [0.717, 1.165) is 12.8 Å². The lowest BCUT2D eigenvalue weighted by Crippen LogP contribution is -2.24. The van der Waals surface area contributed by atoms with E-state index in [1.54, 1.807) is 7.05 Å². The second-order valence-electron chi connectivity index (χ2n) is 5.01. The first kappa shape index (κ1) is 17.4. The number of carbonyl (C=O) groups is 1. The maximum absolute atomic E-state index is 11.4. The Morgan fingerprint density at radius 1 is 0.889 bits per heavy atom. The van der Waals surface area contributed by atoms with Gasteiger partial charge in [0.05, 0.1) is 7.11 Å². The third kappa shape index (κ3) is 10.6. The van der Waals surface area contributed by atoms with Gasteiger partial charge in [-0.15, -0.1) is 0 Å². The zero-order chi connectivity index (χ0) is 13.6. The van der Waals surface area contributed by atoms with Crippen LogP contribution >= 0.6 is 0 Å². The summed E-state index contributed by atoms with van der Waals surface area (Å²) in [5.41, 5.74) is 0. The largest absolute Gasteiger partial charge is 0.275 e. The van der Waals surface area contributed by atoms with Gasteiger partial charge in [0.25, 0.3) is 0 Å². The van der Waals surface area contributed by atoms with E-state index in [1.807, 2.05) is 0 Å². The van der Waals surface area contributed by atoms with E-state index in [1.165, 1.54) is 63.5 Å². The van der Waals surface area contributed by atoms with Crippen molar-refractivity contribution in [3.05, 3.63) is 0 Å². The Morgan fingerprint density at radius 3 is 1.78 bits per heavy atom. The fourth-order valence-electron chi connectivity index (χ4n) is 2.02. The molecule has 0 radical (unpaired) electrons. The molecular weight excluding hydrogens is 226 g/mol. The molecule has 0 N–H and O–H groups in total. The highest BCUT2D eigenvalue weighted by Crippen LogP contribution is 2.11. The highest BCUT2D eigenvalue weighted by molar-refractivity contribution is 5.74. The Balaban J connectivity index is 3.14. The third-order valence-corrected chi connectivity index (χ3v) is 3.37. The van der Waals surface area contributed by atoms with Crippen LogP contribution in [0.3, 0.4) is 0 Å². The van der Waals surface area contributed by atoms with E-state index in [-0.39, 0.29) is 5.91 Å². The molecule has 0 aromatic heterocycles. The van der Waals surface area contributed by atoms with E-state index >= 15 is 0 Å². The SMILES string of the molecule is CCCCCCCCCCCCC(=O)N(C)OC. The quantitative estimate of drug-likeness (QED) is 0.385. The van der Waals surface area contributed by atoms with E-state index in [9.17, 15) is 4.79 Å². The standard InChI is InChI=1S/C15H31NO2/c1-4-5-6-7-8-9-10-11-12-13-14-15(17)16(2)18-3/h4-14H2,1-3H3. The molecule has 0 saturated heterocycles. The topological polar surface area (TPSA) is 29.5 Å². The van der Waals surface area contributed by atoms with Crippen molar-refractivity contribution in [1.29, 1.82) is 0 Å². The maximum Gasteiger partial charge on any atom is 0.245 e. The smallest absolute Gasteiger partial charge is 0.245 e. The van der Waals surface area contributed by atoms with Crippen LogP contribution in [0.5, 0.6) is 0 Å². The molecule has 0 atom stereocenters. The van der Waals surface area contributed by atoms with Gasteiger partial charge in [0.2, 0.25) is 5.91 Å². The van der Waals surface area contributed by atoms with E-state index < -0.39 is 0 Å². The molecule has 0 fully saturated rings. The van der Waals surface area contributed by atoms with Gasteiger partial charge in [-0.25, -0.2) is 5.06 Å². The first-order valence-electron chi connectivity index (χ1n) is 7.53. The van der Waals surface area contributed by atoms with Crippen LogP contribution in [0.25, 0.3) is 0 Å². The molecule has 0 aromatic rings. The number of nitrogens with zero attached hydrogens (tertiary/aromatic N) is 1. The molecular formula is C15H31NO2. The number of carbonyl (C=O) groups excluding carboxylic acids is 1. The van der Waals surface area contributed by atoms with Gasteiger partial charge in [0, 0.05) is 13.5 Å². The van der Waals surface area contributed by atoms with Crippen molar-refractivity contribution in [3.63, 3.8) is 0 Å². The second kappa shape index (κ2) is 12.9. The number of rotatable bonds is 12. The van der Waals surface area contributed by atoms with Crippen LogP contribution in [-0.4, -0.2) is 25.1 Å². The van der Waals surface area contributed by atoms with Crippen molar-refractivity contribution >= 4 is 5.91 Å². The lowest BCUT2D eigenvalue weighted by Gasteiger charge is -2.12. The van der Waals surface area contributed by atoms with Crippen molar-refractivity contribution < 1.29 is 9.63 Å². The van der Waals surface area contributed by atoms with Gasteiger partial charge >= 0.3 is 0 Å². The molecule has 0 aliphatic heterocycles. The molecule has 0 aromatic carbocycles. The average molecular weight is 257 g/mol. The van der Waals surface area contributed by atoms with Gasteiger partial charge in [-0.2, -0.15) is 0 Å². The minimum absolute atomic E-state index is 0.0806. The lowest BCUT2D eigenvalue weighted by molar-refractivity contribution is -0.168. The van der Waals surface area contributed by atoms with Crippen molar-refractivity contribution in [2.45, 2.75) is 77.6 Å². The van der Waals surface area contributed by atoms with Crippen LogP contribution in [-0.2, 0) is 9.63 Å². The molecule has 3 heteroatoms.